The van der Waals surface area contributed by atoms with Gasteiger partial charge >= 0.3 is 0 Å². The van der Waals surface area contributed by atoms with Crippen LogP contribution in [-0.2, 0) is 11.3 Å². The van der Waals surface area contributed by atoms with Crippen molar-refractivity contribution in [1.29, 1.82) is 0 Å². The Bertz CT molecular complexity index is 647. The summed E-state index contributed by atoms with van der Waals surface area (Å²) in [4.78, 5) is 14.4. The summed E-state index contributed by atoms with van der Waals surface area (Å²) in [7, 11) is 0. The first kappa shape index (κ1) is 19.5. The molecule has 154 valence electrons. The molecule has 6 heteroatoms. The molecule has 0 radical (unpaired) electrons. The Labute approximate surface area is 169 Å². The van der Waals surface area contributed by atoms with E-state index >= 15 is 0 Å². The zero-order valence-corrected chi connectivity index (χ0v) is 17.4. The van der Waals surface area contributed by atoms with Crippen molar-refractivity contribution >= 4 is 11.8 Å². The maximum atomic E-state index is 5.63. The highest BCUT2D eigenvalue weighted by atomic mass is 16.5. The molecule has 0 amide bonds. The van der Waals surface area contributed by atoms with Gasteiger partial charge in [-0.25, -0.2) is 9.98 Å². The van der Waals surface area contributed by atoms with Crippen molar-refractivity contribution in [3.05, 3.63) is 23.9 Å². The Kier molecular flexibility index (Phi) is 6.35. The second kappa shape index (κ2) is 9.12. The first-order chi connectivity index (χ1) is 13.7. The second-order valence-electron chi connectivity index (χ2n) is 8.53. The molecule has 3 aliphatic rings. The molecule has 3 heterocycles. The Morgan fingerprint density at radius 1 is 1.21 bits per heavy atom. The Morgan fingerprint density at radius 2 is 2.00 bits per heavy atom. The number of anilines is 1. The van der Waals surface area contributed by atoms with E-state index in [1.807, 2.05) is 6.20 Å². The van der Waals surface area contributed by atoms with Crippen LogP contribution in [0.15, 0.2) is 23.3 Å². The molecule has 2 aliphatic heterocycles. The predicted octanol–water partition coefficient (Wildman–Crippen LogP) is 2.89. The van der Waals surface area contributed by atoms with Crippen molar-refractivity contribution in [2.24, 2.45) is 16.8 Å². The largest absolute Gasteiger partial charge is 0.375 e. The molecule has 28 heavy (non-hydrogen) atoms. The van der Waals surface area contributed by atoms with E-state index in [0.29, 0.717) is 6.54 Å². The van der Waals surface area contributed by atoms with Gasteiger partial charge in [-0.15, -0.1) is 0 Å². The highest BCUT2D eigenvalue weighted by Crippen LogP contribution is 2.36. The highest BCUT2D eigenvalue weighted by molar-refractivity contribution is 5.80. The van der Waals surface area contributed by atoms with Gasteiger partial charge in [-0.2, -0.15) is 0 Å². The number of likely N-dealkylation sites (tertiary alicyclic amines) is 1. The summed E-state index contributed by atoms with van der Waals surface area (Å²) >= 11 is 0. The number of guanidine groups is 1. The fourth-order valence-electron chi connectivity index (χ4n) is 4.89. The lowest BCUT2D eigenvalue weighted by atomic mass is 9.82. The van der Waals surface area contributed by atoms with E-state index in [-0.39, 0.29) is 6.10 Å². The predicted molar refractivity (Wildman–Crippen MR) is 114 cm³/mol. The molecular formula is C22H35N5O. The third-order valence-corrected chi connectivity index (χ3v) is 6.40. The summed E-state index contributed by atoms with van der Waals surface area (Å²) in [6.07, 6.45) is 7.85. The van der Waals surface area contributed by atoms with Crippen molar-refractivity contribution in [3.8, 4) is 0 Å². The number of fused-ring (bicyclic) bond motifs is 1. The number of nitrogens with one attached hydrogen (secondary N) is 1. The Hall–Kier alpha value is -1.82. The summed E-state index contributed by atoms with van der Waals surface area (Å²) < 4.78 is 5.63. The zero-order valence-electron chi connectivity index (χ0n) is 17.4. The van der Waals surface area contributed by atoms with Crippen molar-refractivity contribution in [2.45, 2.75) is 52.2 Å². The van der Waals surface area contributed by atoms with Crippen LogP contribution in [0.1, 0.15) is 45.1 Å². The van der Waals surface area contributed by atoms with Gasteiger partial charge in [-0.05, 0) is 50.2 Å². The van der Waals surface area contributed by atoms with Gasteiger partial charge in [0.05, 0.1) is 19.3 Å². The monoisotopic (exact) mass is 385 g/mol. The van der Waals surface area contributed by atoms with Crippen molar-refractivity contribution in [2.75, 3.05) is 44.2 Å². The lowest BCUT2D eigenvalue weighted by Gasteiger charge is -2.32. The van der Waals surface area contributed by atoms with Crippen molar-refractivity contribution < 1.29 is 4.74 Å². The van der Waals surface area contributed by atoms with E-state index in [1.54, 1.807) is 0 Å². The fourth-order valence-corrected chi connectivity index (χ4v) is 4.89. The number of hydrogen-bond donors (Lipinski definition) is 1. The van der Waals surface area contributed by atoms with Crippen LogP contribution in [0.5, 0.6) is 0 Å². The number of nitrogens with zero attached hydrogens (tertiary/aromatic N) is 4. The molecule has 1 N–H and O–H groups in total. The van der Waals surface area contributed by atoms with Crippen LogP contribution in [0.2, 0.25) is 0 Å². The van der Waals surface area contributed by atoms with Crippen LogP contribution < -0.4 is 10.2 Å². The first-order valence-electron chi connectivity index (χ1n) is 11.1. The van der Waals surface area contributed by atoms with E-state index in [4.69, 9.17) is 9.73 Å². The van der Waals surface area contributed by atoms with Crippen molar-refractivity contribution in [3.63, 3.8) is 0 Å². The fraction of sp³-hybridized carbons (Fsp3) is 0.727. The standard InChI is InChI=1S/C22H35N5O/c1-3-23-22(27-15-19-6-4-5-7-20(19)16-27)25-13-18-8-9-21(24-12-18)26-10-11-28-17(2)14-26/h8-9,12,17,19-20H,3-7,10-11,13-16H2,1-2H3,(H,23,25). The molecule has 6 nitrogen and oxygen atoms in total. The maximum Gasteiger partial charge on any atom is 0.194 e. The number of aliphatic imine (C=N–C) groups is 1. The van der Waals surface area contributed by atoms with Gasteiger partial charge in [0.1, 0.15) is 5.82 Å². The second-order valence-corrected chi connectivity index (χ2v) is 8.53. The Morgan fingerprint density at radius 3 is 2.64 bits per heavy atom. The SMILES string of the molecule is CCNC(=NCc1ccc(N2CCOC(C)C2)nc1)N1CC2CCCCC2C1. The molecule has 1 aromatic heterocycles. The van der Waals surface area contributed by atoms with Crippen LogP contribution in [0.3, 0.4) is 0 Å². The molecule has 0 spiro atoms. The Balaban J connectivity index is 1.38. The number of ether oxygens (including phenoxy) is 1. The van der Waals surface area contributed by atoms with Crippen LogP contribution in [0.4, 0.5) is 5.82 Å². The van der Waals surface area contributed by atoms with Crippen LogP contribution >= 0.6 is 0 Å². The maximum absolute atomic E-state index is 5.63. The zero-order chi connectivity index (χ0) is 19.3. The van der Waals surface area contributed by atoms with Gasteiger partial charge in [0.2, 0.25) is 0 Å². The minimum atomic E-state index is 0.270. The topological polar surface area (TPSA) is 53.0 Å². The summed E-state index contributed by atoms with van der Waals surface area (Å²) in [5.74, 6) is 3.85. The van der Waals surface area contributed by atoms with Gasteiger partial charge in [0, 0.05) is 38.9 Å². The molecule has 3 fully saturated rings. The third-order valence-electron chi connectivity index (χ3n) is 6.40. The molecule has 1 aromatic rings. The van der Waals surface area contributed by atoms with Crippen LogP contribution in [0.25, 0.3) is 0 Å². The number of hydrogen-bond acceptors (Lipinski definition) is 4. The summed E-state index contributed by atoms with van der Waals surface area (Å²) in [6.45, 7) is 10.8. The molecule has 3 atom stereocenters. The van der Waals surface area contributed by atoms with E-state index in [1.165, 1.54) is 38.8 Å². The van der Waals surface area contributed by atoms with E-state index in [9.17, 15) is 0 Å². The molecule has 1 aliphatic carbocycles. The molecule has 0 aromatic carbocycles. The van der Waals surface area contributed by atoms with Gasteiger partial charge in [0.25, 0.3) is 0 Å². The first-order valence-corrected chi connectivity index (χ1v) is 11.1. The lowest BCUT2D eigenvalue weighted by molar-refractivity contribution is 0.0529. The lowest BCUT2D eigenvalue weighted by Crippen LogP contribution is -2.41. The molecule has 4 rings (SSSR count). The molecule has 2 saturated heterocycles. The smallest absolute Gasteiger partial charge is 0.194 e. The molecule has 0 bridgehead atoms. The van der Waals surface area contributed by atoms with E-state index in [0.717, 1.165) is 55.4 Å². The van der Waals surface area contributed by atoms with Gasteiger partial charge < -0.3 is 19.9 Å². The molecule has 1 saturated carbocycles. The number of pyridine rings is 1. The highest BCUT2D eigenvalue weighted by Gasteiger charge is 2.35. The molecular weight excluding hydrogens is 350 g/mol. The van der Waals surface area contributed by atoms with Gasteiger partial charge in [-0.3, -0.25) is 0 Å². The summed E-state index contributed by atoms with van der Waals surface area (Å²) in [5, 5.41) is 3.51. The number of morpholine rings is 1. The van der Waals surface area contributed by atoms with Crippen LogP contribution in [0, 0.1) is 11.8 Å². The average molecular weight is 386 g/mol. The van der Waals surface area contributed by atoms with Crippen molar-refractivity contribution in [1.82, 2.24) is 15.2 Å². The van der Waals surface area contributed by atoms with E-state index in [2.05, 4.69) is 46.1 Å². The third kappa shape index (κ3) is 4.59. The number of rotatable bonds is 4. The summed E-state index contributed by atoms with van der Waals surface area (Å²) in [5.41, 5.74) is 1.16. The average Bonchev–Trinajstić information content (AvgIpc) is 3.15. The minimum absolute atomic E-state index is 0.270. The quantitative estimate of drug-likeness (QED) is 0.638. The minimum Gasteiger partial charge on any atom is -0.375 e. The number of aromatic nitrogens is 1. The van der Waals surface area contributed by atoms with Gasteiger partial charge in [-0.1, -0.05) is 18.9 Å². The normalized spacial score (nSPS) is 28.4. The van der Waals surface area contributed by atoms with E-state index < -0.39 is 0 Å². The van der Waals surface area contributed by atoms with Gasteiger partial charge in [0.15, 0.2) is 5.96 Å². The molecule has 3 unspecified atom stereocenters. The van der Waals surface area contributed by atoms with Crippen LogP contribution in [-0.4, -0.2) is 61.3 Å². The summed E-state index contributed by atoms with van der Waals surface area (Å²) in [6, 6.07) is 4.29.